The second-order valence-electron chi connectivity index (χ2n) is 4.62. The van der Waals surface area contributed by atoms with Gasteiger partial charge >= 0.3 is 6.18 Å². The highest BCUT2D eigenvalue weighted by Crippen LogP contribution is 2.30. The molecule has 3 aromatic heterocycles. The standard InChI is InChI=1S/C14H11F3N6S/c1-2-23-12(9-5-3-4-8-18-9)21-22-13(23)24-11-7-6-10(19-20-11)14(15,16)17/h3-8H,2H2,1H3. The van der Waals surface area contributed by atoms with Gasteiger partial charge in [-0.05, 0) is 43.0 Å². The molecule has 0 unspecified atom stereocenters. The number of halogens is 3. The molecule has 3 rings (SSSR count). The SMILES string of the molecule is CCn1c(Sc2ccc(C(F)(F)F)nn2)nnc1-c1ccccn1. The van der Waals surface area contributed by atoms with Crippen LogP contribution in [0.2, 0.25) is 0 Å². The maximum atomic E-state index is 12.5. The third kappa shape index (κ3) is 3.37. The van der Waals surface area contributed by atoms with Crippen LogP contribution in [0.4, 0.5) is 13.2 Å². The Bertz CT molecular complexity index is 817. The number of rotatable bonds is 4. The van der Waals surface area contributed by atoms with Crippen molar-refractivity contribution in [2.45, 2.75) is 29.8 Å². The zero-order valence-corrected chi connectivity index (χ0v) is 13.2. The van der Waals surface area contributed by atoms with Crippen LogP contribution < -0.4 is 0 Å². The molecule has 0 aliphatic rings. The van der Waals surface area contributed by atoms with Gasteiger partial charge in [-0.2, -0.15) is 13.2 Å². The van der Waals surface area contributed by atoms with Crippen LogP contribution in [0.1, 0.15) is 12.6 Å². The summed E-state index contributed by atoms with van der Waals surface area (Å²) in [6.07, 6.45) is -2.86. The van der Waals surface area contributed by atoms with Crippen molar-refractivity contribution >= 4 is 11.8 Å². The predicted molar refractivity (Wildman–Crippen MR) is 80.1 cm³/mol. The maximum Gasteiger partial charge on any atom is 0.435 e. The molecule has 0 amide bonds. The summed E-state index contributed by atoms with van der Waals surface area (Å²) in [6, 6.07) is 7.59. The first-order valence-electron chi connectivity index (χ1n) is 6.92. The summed E-state index contributed by atoms with van der Waals surface area (Å²) in [5, 5.41) is 15.8. The van der Waals surface area contributed by atoms with Crippen molar-refractivity contribution in [1.29, 1.82) is 0 Å². The van der Waals surface area contributed by atoms with E-state index in [4.69, 9.17) is 0 Å². The molecule has 0 aliphatic carbocycles. The topological polar surface area (TPSA) is 69.4 Å². The van der Waals surface area contributed by atoms with Gasteiger partial charge in [0.25, 0.3) is 0 Å². The summed E-state index contributed by atoms with van der Waals surface area (Å²) in [4.78, 5) is 4.23. The quantitative estimate of drug-likeness (QED) is 0.717. The van der Waals surface area contributed by atoms with Crippen LogP contribution in [0.5, 0.6) is 0 Å². The maximum absolute atomic E-state index is 12.5. The molecule has 0 fully saturated rings. The highest BCUT2D eigenvalue weighted by Gasteiger charge is 2.33. The van der Waals surface area contributed by atoms with Gasteiger partial charge in [-0.1, -0.05) is 6.07 Å². The number of nitrogens with zero attached hydrogens (tertiary/aromatic N) is 6. The smallest absolute Gasteiger partial charge is 0.301 e. The fourth-order valence-corrected chi connectivity index (χ4v) is 2.77. The van der Waals surface area contributed by atoms with Gasteiger partial charge < -0.3 is 4.57 Å². The average Bonchev–Trinajstić information content (AvgIpc) is 2.98. The Hall–Kier alpha value is -2.49. The number of hydrogen-bond acceptors (Lipinski definition) is 6. The molecule has 3 heterocycles. The van der Waals surface area contributed by atoms with Crippen LogP contribution >= 0.6 is 11.8 Å². The second-order valence-corrected chi connectivity index (χ2v) is 5.61. The molecule has 0 aliphatic heterocycles. The van der Waals surface area contributed by atoms with Crippen molar-refractivity contribution in [2.24, 2.45) is 0 Å². The van der Waals surface area contributed by atoms with E-state index in [0.29, 0.717) is 28.2 Å². The van der Waals surface area contributed by atoms with Crippen LogP contribution in [-0.2, 0) is 12.7 Å². The van der Waals surface area contributed by atoms with E-state index in [1.807, 2.05) is 23.6 Å². The molecule has 0 saturated heterocycles. The molecule has 0 N–H and O–H groups in total. The molecule has 0 radical (unpaired) electrons. The fourth-order valence-electron chi connectivity index (χ4n) is 1.95. The van der Waals surface area contributed by atoms with Gasteiger partial charge in [-0.25, -0.2) is 0 Å². The Balaban J connectivity index is 1.87. The van der Waals surface area contributed by atoms with E-state index in [1.165, 1.54) is 6.07 Å². The van der Waals surface area contributed by atoms with E-state index in [9.17, 15) is 13.2 Å². The number of pyridine rings is 1. The Morgan fingerprint density at radius 3 is 2.46 bits per heavy atom. The van der Waals surface area contributed by atoms with E-state index in [2.05, 4.69) is 25.4 Å². The third-order valence-electron chi connectivity index (χ3n) is 3.05. The molecule has 124 valence electrons. The van der Waals surface area contributed by atoms with Crippen molar-refractivity contribution in [3.8, 4) is 11.5 Å². The van der Waals surface area contributed by atoms with E-state index < -0.39 is 11.9 Å². The fraction of sp³-hybridized carbons (Fsp3) is 0.214. The molecule has 10 heteroatoms. The van der Waals surface area contributed by atoms with Crippen molar-refractivity contribution in [1.82, 2.24) is 29.9 Å². The minimum absolute atomic E-state index is 0.303. The van der Waals surface area contributed by atoms with E-state index >= 15 is 0 Å². The number of alkyl halides is 3. The Kier molecular flexibility index (Phi) is 4.47. The summed E-state index contributed by atoms with van der Waals surface area (Å²) in [6.45, 7) is 2.49. The summed E-state index contributed by atoms with van der Waals surface area (Å²) in [5.41, 5.74) is -0.366. The van der Waals surface area contributed by atoms with Gasteiger partial charge in [0, 0.05) is 12.7 Å². The third-order valence-corrected chi connectivity index (χ3v) is 3.96. The Labute approximate surface area is 139 Å². The van der Waals surface area contributed by atoms with Gasteiger partial charge in [0.05, 0.1) is 0 Å². The predicted octanol–water partition coefficient (Wildman–Crippen LogP) is 3.32. The van der Waals surface area contributed by atoms with Gasteiger partial charge in [0.1, 0.15) is 10.7 Å². The van der Waals surface area contributed by atoms with Gasteiger partial charge in [0.15, 0.2) is 16.7 Å². The summed E-state index contributed by atoms with van der Waals surface area (Å²) in [7, 11) is 0. The highest BCUT2D eigenvalue weighted by molar-refractivity contribution is 7.99. The zero-order chi connectivity index (χ0) is 17.2. The lowest BCUT2D eigenvalue weighted by atomic mass is 10.3. The number of aromatic nitrogens is 6. The van der Waals surface area contributed by atoms with Crippen LogP contribution in [-0.4, -0.2) is 29.9 Å². The summed E-state index contributed by atoms with van der Waals surface area (Å²) < 4.78 is 39.4. The van der Waals surface area contributed by atoms with Crippen molar-refractivity contribution in [3.63, 3.8) is 0 Å². The molecular formula is C14H11F3N6S. The molecule has 6 nitrogen and oxygen atoms in total. The van der Waals surface area contributed by atoms with Gasteiger partial charge in [-0.15, -0.1) is 20.4 Å². The van der Waals surface area contributed by atoms with E-state index in [-0.39, 0.29) is 0 Å². The van der Waals surface area contributed by atoms with E-state index in [1.54, 1.807) is 12.3 Å². The molecule has 0 aromatic carbocycles. The van der Waals surface area contributed by atoms with Gasteiger partial charge in [-0.3, -0.25) is 4.98 Å². The van der Waals surface area contributed by atoms with Crippen molar-refractivity contribution in [2.75, 3.05) is 0 Å². The van der Waals surface area contributed by atoms with Crippen molar-refractivity contribution in [3.05, 3.63) is 42.2 Å². The minimum Gasteiger partial charge on any atom is -0.301 e. The Morgan fingerprint density at radius 2 is 1.88 bits per heavy atom. The minimum atomic E-state index is -4.51. The Morgan fingerprint density at radius 1 is 1.04 bits per heavy atom. The van der Waals surface area contributed by atoms with Crippen LogP contribution in [0.25, 0.3) is 11.5 Å². The molecule has 0 spiro atoms. The molecule has 0 atom stereocenters. The lowest BCUT2D eigenvalue weighted by molar-refractivity contribution is -0.141. The zero-order valence-electron chi connectivity index (χ0n) is 12.4. The molecule has 0 saturated carbocycles. The highest BCUT2D eigenvalue weighted by atomic mass is 32.2. The summed E-state index contributed by atoms with van der Waals surface area (Å²) >= 11 is 1.09. The number of hydrogen-bond donors (Lipinski definition) is 0. The monoisotopic (exact) mass is 352 g/mol. The van der Waals surface area contributed by atoms with Crippen LogP contribution in [0.3, 0.4) is 0 Å². The normalized spacial score (nSPS) is 11.7. The first kappa shape index (κ1) is 16.4. The second kappa shape index (κ2) is 6.56. The molecule has 0 bridgehead atoms. The lowest BCUT2D eigenvalue weighted by Crippen LogP contribution is -2.09. The van der Waals surface area contributed by atoms with Crippen molar-refractivity contribution < 1.29 is 13.2 Å². The molecular weight excluding hydrogens is 341 g/mol. The van der Waals surface area contributed by atoms with Crippen LogP contribution in [0, 0.1) is 0 Å². The molecule has 24 heavy (non-hydrogen) atoms. The lowest BCUT2D eigenvalue weighted by Gasteiger charge is -2.07. The van der Waals surface area contributed by atoms with Crippen LogP contribution in [0.15, 0.2) is 46.7 Å². The first-order chi connectivity index (χ1) is 11.5. The largest absolute Gasteiger partial charge is 0.435 e. The van der Waals surface area contributed by atoms with E-state index in [0.717, 1.165) is 17.8 Å². The van der Waals surface area contributed by atoms with Gasteiger partial charge in [0.2, 0.25) is 0 Å². The summed E-state index contributed by atoms with van der Waals surface area (Å²) in [5.74, 6) is 0.584. The average molecular weight is 352 g/mol. The molecule has 3 aromatic rings. The first-order valence-corrected chi connectivity index (χ1v) is 7.74.